The van der Waals surface area contributed by atoms with E-state index in [1.165, 1.54) is 6.08 Å². The first kappa shape index (κ1) is 24.7. The van der Waals surface area contributed by atoms with Crippen LogP contribution >= 0.6 is 0 Å². The van der Waals surface area contributed by atoms with Gasteiger partial charge in [0.15, 0.2) is 0 Å². The number of isocyanates is 1. The van der Waals surface area contributed by atoms with Crippen LogP contribution in [0, 0.1) is 6.92 Å². The van der Waals surface area contributed by atoms with Crippen molar-refractivity contribution in [2.45, 2.75) is 46.5 Å². The van der Waals surface area contributed by atoms with Crippen LogP contribution < -0.4 is 15.8 Å². The van der Waals surface area contributed by atoms with Crippen LogP contribution in [0.5, 0.6) is 5.75 Å². The molecule has 8 heteroatoms. The Hall–Kier alpha value is -3.38. The van der Waals surface area contributed by atoms with Gasteiger partial charge in [-0.1, -0.05) is 38.8 Å². The Morgan fingerprint density at radius 2 is 1.93 bits per heavy atom. The van der Waals surface area contributed by atoms with Crippen LogP contribution in [-0.4, -0.2) is 31.2 Å². The van der Waals surface area contributed by atoms with E-state index in [1.54, 1.807) is 37.3 Å². The maximum atomic E-state index is 11.7. The van der Waals surface area contributed by atoms with Gasteiger partial charge in [-0.3, -0.25) is 4.79 Å². The smallest absolute Gasteiger partial charge is 0.412 e. The summed E-state index contributed by atoms with van der Waals surface area (Å²) in [5.74, 6) is 0.741. The summed E-state index contributed by atoms with van der Waals surface area (Å²) in [5.41, 5.74) is 6.27. The third-order valence-electron chi connectivity index (χ3n) is 3.92. The Bertz CT molecular complexity index is 869. The number of carbonyl (C=O) groups excluding carboxylic acids is 3. The molecule has 30 heavy (non-hydrogen) atoms. The Balaban J connectivity index is 0.000000553. The fourth-order valence-corrected chi connectivity index (χ4v) is 2.41. The summed E-state index contributed by atoms with van der Waals surface area (Å²) < 4.78 is 10.8. The molecule has 0 saturated heterocycles. The van der Waals surface area contributed by atoms with Gasteiger partial charge in [-0.15, -0.1) is 0 Å². The molecule has 2 aromatic rings. The van der Waals surface area contributed by atoms with E-state index in [-0.39, 0.29) is 0 Å². The first-order chi connectivity index (χ1) is 14.4. The molecule has 0 fully saturated rings. The molecule has 0 aliphatic heterocycles. The zero-order valence-corrected chi connectivity index (χ0v) is 17.7. The van der Waals surface area contributed by atoms with Gasteiger partial charge in [0, 0.05) is 12.1 Å². The molecule has 0 bridgehead atoms. The molecule has 0 saturated carbocycles. The molecule has 2 amide bonds. The number of aliphatic imine (C=N–C) groups is 1. The maximum absolute atomic E-state index is 11.7. The summed E-state index contributed by atoms with van der Waals surface area (Å²) in [6.07, 6.45) is 4.93. The third-order valence-corrected chi connectivity index (χ3v) is 3.92. The van der Waals surface area contributed by atoms with Crippen molar-refractivity contribution in [1.82, 2.24) is 5.32 Å². The number of primary amides is 1. The van der Waals surface area contributed by atoms with Gasteiger partial charge in [0.1, 0.15) is 17.3 Å². The van der Waals surface area contributed by atoms with Gasteiger partial charge < -0.3 is 20.2 Å². The van der Waals surface area contributed by atoms with E-state index in [4.69, 9.17) is 14.9 Å². The quantitative estimate of drug-likeness (QED) is 0.358. The number of hydrogen-bond donors (Lipinski definition) is 2. The van der Waals surface area contributed by atoms with E-state index in [0.717, 1.165) is 25.7 Å². The minimum atomic E-state index is -0.569. The van der Waals surface area contributed by atoms with Crippen molar-refractivity contribution in [3.8, 4) is 17.1 Å². The van der Waals surface area contributed by atoms with Crippen LogP contribution in [0.15, 0.2) is 39.7 Å². The first-order valence-electron chi connectivity index (χ1n) is 9.92. The summed E-state index contributed by atoms with van der Waals surface area (Å²) in [5, 5.41) is 2.67. The number of hydrogen-bond acceptors (Lipinski definition) is 6. The standard InChI is InChI=1S/C17H20N2O4.C5H9NO/c1-3-4-8-19-17(21)23-13-7-5-6-12(10-13)15-14(16(18)20)9-11(2)22-15;1-2-3-4-6-5-7/h5-7,9-10H,3-4,8H2,1-2H3,(H2,18,20)(H,19,21);2-4H2,1H3. The monoisotopic (exact) mass is 415 g/mol. The second kappa shape index (κ2) is 13.7. The molecule has 0 spiro atoms. The number of nitrogens with zero attached hydrogens (tertiary/aromatic N) is 1. The summed E-state index contributed by atoms with van der Waals surface area (Å²) in [6, 6.07) is 8.34. The number of unbranched alkanes of at least 4 members (excludes halogenated alkanes) is 2. The fraction of sp³-hybridized carbons (Fsp3) is 0.409. The second-order valence-corrected chi connectivity index (χ2v) is 6.49. The van der Waals surface area contributed by atoms with Crippen molar-refractivity contribution in [3.05, 3.63) is 41.7 Å². The summed E-state index contributed by atoms with van der Waals surface area (Å²) in [7, 11) is 0. The Morgan fingerprint density at radius 1 is 1.20 bits per heavy atom. The van der Waals surface area contributed by atoms with Crippen LogP contribution in [0.25, 0.3) is 11.3 Å². The topological polar surface area (TPSA) is 124 Å². The van der Waals surface area contributed by atoms with E-state index in [9.17, 15) is 14.4 Å². The molecule has 162 valence electrons. The van der Waals surface area contributed by atoms with Gasteiger partial charge >= 0.3 is 6.09 Å². The molecule has 1 aromatic heterocycles. The molecule has 2 rings (SSSR count). The molecular weight excluding hydrogens is 386 g/mol. The van der Waals surface area contributed by atoms with Crippen LogP contribution in [-0.2, 0) is 4.79 Å². The zero-order valence-electron chi connectivity index (χ0n) is 17.7. The number of furan rings is 1. The Morgan fingerprint density at radius 3 is 2.57 bits per heavy atom. The second-order valence-electron chi connectivity index (χ2n) is 6.49. The van der Waals surface area contributed by atoms with Crippen molar-refractivity contribution in [1.29, 1.82) is 0 Å². The third kappa shape index (κ3) is 8.75. The number of nitrogens with two attached hydrogens (primary N) is 1. The molecule has 0 unspecified atom stereocenters. The molecule has 0 atom stereocenters. The number of carbonyl (C=O) groups is 2. The average molecular weight is 415 g/mol. The summed E-state index contributed by atoms with van der Waals surface area (Å²) in [4.78, 5) is 35.9. The molecule has 8 nitrogen and oxygen atoms in total. The number of aryl methyl sites for hydroxylation is 1. The van der Waals surface area contributed by atoms with Gasteiger partial charge in [-0.25, -0.2) is 14.6 Å². The lowest BCUT2D eigenvalue weighted by atomic mass is 10.1. The number of ether oxygens (including phenoxy) is 1. The largest absolute Gasteiger partial charge is 0.461 e. The van der Waals surface area contributed by atoms with Crippen LogP contribution in [0.3, 0.4) is 0 Å². The lowest BCUT2D eigenvalue weighted by Gasteiger charge is -2.07. The molecule has 3 N–H and O–H groups in total. The van der Waals surface area contributed by atoms with Gasteiger partial charge in [0.05, 0.1) is 12.1 Å². The Kier molecular flexibility index (Phi) is 11.3. The first-order valence-corrected chi connectivity index (χ1v) is 9.92. The predicted octanol–water partition coefficient (Wildman–Crippen LogP) is 4.36. The lowest BCUT2D eigenvalue weighted by Crippen LogP contribution is -2.27. The zero-order chi connectivity index (χ0) is 22.4. The highest BCUT2D eigenvalue weighted by atomic mass is 16.6. The normalized spacial score (nSPS) is 9.70. The molecule has 0 aliphatic carbocycles. The van der Waals surface area contributed by atoms with Gasteiger partial charge in [-0.05, 0) is 38.0 Å². The van der Waals surface area contributed by atoms with Crippen molar-refractivity contribution in [3.63, 3.8) is 0 Å². The fourth-order valence-electron chi connectivity index (χ4n) is 2.41. The predicted molar refractivity (Wildman–Crippen MR) is 114 cm³/mol. The number of benzene rings is 1. The SMILES string of the molecule is CCCCN=C=O.CCCCNC(=O)Oc1cccc(-c2oc(C)cc2C(N)=O)c1. The highest BCUT2D eigenvalue weighted by molar-refractivity contribution is 5.98. The molecular formula is C22H29N3O5. The average Bonchev–Trinajstić information content (AvgIpc) is 3.11. The Labute approximate surface area is 176 Å². The molecule has 1 heterocycles. The highest BCUT2D eigenvalue weighted by Gasteiger charge is 2.16. The van der Waals surface area contributed by atoms with E-state index >= 15 is 0 Å². The number of amides is 2. The van der Waals surface area contributed by atoms with Crippen molar-refractivity contribution >= 4 is 18.1 Å². The van der Waals surface area contributed by atoms with Crippen LogP contribution in [0.2, 0.25) is 0 Å². The molecule has 0 radical (unpaired) electrons. The lowest BCUT2D eigenvalue weighted by molar-refractivity contribution is 0.100. The van der Waals surface area contributed by atoms with Gasteiger partial charge in [0.2, 0.25) is 6.08 Å². The van der Waals surface area contributed by atoms with Gasteiger partial charge in [-0.2, -0.15) is 0 Å². The van der Waals surface area contributed by atoms with E-state index in [1.807, 2.05) is 6.92 Å². The van der Waals surface area contributed by atoms with E-state index in [2.05, 4.69) is 17.2 Å². The van der Waals surface area contributed by atoms with Crippen molar-refractivity contribution in [2.24, 2.45) is 10.7 Å². The molecule has 1 aromatic carbocycles. The van der Waals surface area contributed by atoms with Gasteiger partial charge in [0.25, 0.3) is 5.91 Å². The maximum Gasteiger partial charge on any atom is 0.412 e. The van der Waals surface area contributed by atoms with Crippen molar-refractivity contribution < 1.29 is 23.5 Å². The number of nitrogens with one attached hydrogen (secondary N) is 1. The van der Waals surface area contributed by atoms with Crippen LogP contribution in [0.4, 0.5) is 4.79 Å². The minimum Gasteiger partial charge on any atom is -0.461 e. The number of rotatable bonds is 9. The van der Waals surface area contributed by atoms with E-state index in [0.29, 0.717) is 41.5 Å². The van der Waals surface area contributed by atoms with Crippen molar-refractivity contribution in [2.75, 3.05) is 13.1 Å². The highest BCUT2D eigenvalue weighted by Crippen LogP contribution is 2.29. The van der Waals surface area contributed by atoms with Crippen LogP contribution in [0.1, 0.15) is 55.6 Å². The molecule has 0 aliphatic rings. The minimum absolute atomic E-state index is 0.298. The summed E-state index contributed by atoms with van der Waals surface area (Å²) >= 11 is 0. The summed E-state index contributed by atoms with van der Waals surface area (Å²) in [6.45, 7) is 7.04. The van der Waals surface area contributed by atoms with E-state index < -0.39 is 12.0 Å².